The lowest BCUT2D eigenvalue weighted by molar-refractivity contribution is -0.263. The summed E-state index contributed by atoms with van der Waals surface area (Å²) < 4.78 is 99.6. The van der Waals surface area contributed by atoms with E-state index < -0.39 is 58.2 Å². The molecule has 0 radical (unpaired) electrons. The van der Waals surface area contributed by atoms with Crippen molar-refractivity contribution in [1.29, 1.82) is 0 Å². The summed E-state index contributed by atoms with van der Waals surface area (Å²) in [6, 6.07) is 65.5. The number of unbranched alkanes of at least 4 members (excludes halogenated alkanes) is 12. The van der Waals surface area contributed by atoms with Gasteiger partial charge in [-0.2, -0.15) is 0 Å². The monoisotopic (exact) mass is 1210 g/mol. The van der Waals surface area contributed by atoms with Gasteiger partial charge in [-0.05, 0) is 45.4 Å². The number of carbonyl (C=O) groups excluding carboxylic acids is 1. The largest absolute Gasteiger partial charge is 0.475 e. The highest BCUT2D eigenvalue weighted by atomic mass is 31.2. The Morgan fingerprint density at radius 1 is 0.302 bits per heavy atom. The molecule has 0 spiro atoms. The zero-order valence-corrected chi connectivity index (χ0v) is 51.5. The third-order valence-corrected chi connectivity index (χ3v) is 17.8. The van der Waals surface area contributed by atoms with Crippen molar-refractivity contribution in [1.82, 2.24) is 0 Å². The molecule has 7 aromatic rings. The highest BCUT2D eigenvalue weighted by molar-refractivity contribution is 7.48. The molecule has 1 aliphatic carbocycles. The van der Waals surface area contributed by atoms with E-state index in [1.54, 1.807) is 0 Å². The molecular formula is C71H86O13P2. The first-order valence-electron chi connectivity index (χ1n) is 30.7. The second-order valence-electron chi connectivity index (χ2n) is 21.8. The van der Waals surface area contributed by atoms with E-state index in [4.69, 9.17) is 46.1 Å². The minimum absolute atomic E-state index is 0.0127. The van der Waals surface area contributed by atoms with Crippen LogP contribution in [-0.2, 0) is 106 Å². The number of ether oxygens (including phenoxy) is 4. The molecule has 8 rings (SSSR count). The molecule has 13 nitrogen and oxygen atoms in total. The van der Waals surface area contributed by atoms with Crippen LogP contribution in [0.3, 0.4) is 0 Å². The van der Waals surface area contributed by atoms with Crippen molar-refractivity contribution in [2.45, 2.75) is 180 Å². The van der Waals surface area contributed by atoms with Crippen LogP contribution in [0.15, 0.2) is 212 Å². The van der Waals surface area contributed by atoms with E-state index in [2.05, 4.69) is 6.92 Å². The fourth-order valence-electron chi connectivity index (χ4n) is 10.3. The van der Waals surface area contributed by atoms with Crippen molar-refractivity contribution in [2.24, 2.45) is 0 Å². The standard InChI is InChI=1S/C71H86O13P2/c1-2-3-4-5-6-7-8-9-10-11-12-13-35-50-65(72)82-69-66(75-51-58-36-21-14-22-37-58)67(76-52-59-38-23-15-24-39-59)70(83-85(73,78-54-61-42-27-17-28-43-61)79-55-62-44-29-18-30-45-62)71(68(69)77-53-60-40-25-16-26-41-60)84-86(74,80-56-63-46-31-19-32-47-63)81-57-64-48-33-20-34-49-64/h14-34,36-49,66-71H,2-13,35,50-57H2,1H3/t66-,67+,68+,69-,70-,71-/m1/s1. The minimum atomic E-state index is -4.84. The summed E-state index contributed by atoms with van der Waals surface area (Å²) in [5, 5.41) is 0. The lowest BCUT2D eigenvalue weighted by Crippen LogP contribution is -2.67. The summed E-state index contributed by atoms with van der Waals surface area (Å²) in [5.74, 6) is -0.508. The molecule has 0 aliphatic heterocycles. The fourth-order valence-corrected chi connectivity index (χ4v) is 13.0. The van der Waals surface area contributed by atoms with Crippen molar-refractivity contribution in [3.05, 3.63) is 251 Å². The first kappa shape index (κ1) is 66.1. The molecule has 0 aromatic heterocycles. The molecule has 458 valence electrons. The van der Waals surface area contributed by atoms with Gasteiger partial charge in [0.25, 0.3) is 0 Å². The van der Waals surface area contributed by atoms with Crippen LogP contribution < -0.4 is 0 Å². The molecule has 86 heavy (non-hydrogen) atoms. The molecule has 0 saturated heterocycles. The van der Waals surface area contributed by atoms with Crippen LogP contribution in [0.4, 0.5) is 0 Å². The van der Waals surface area contributed by atoms with Crippen LogP contribution in [0, 0.1) is 0 Å². The molecule has 1 saturated carbocycles. The maximum absolute atomic E-state index is 16.0. The topological polar surface area (TPSA) is 144 Å². The van der Waals surface area contributed by atoms with Gasteiger partial charge in [0.05, 0.1) is 46.2 Å². The number of carbonyl (C=O) groups is 1. The van der Waals surface area contributed by atoms with Crippen LogP contribution in [0.5, 0.6) is 0 Å². The van der Waals surface area contributed by atoms with Gasteiger partial charge in [-0.3, -0.25) is 31.9 Å². The molecule has 0 amide bonds. The lowest BCUT2D eigenvalue weighted by atomic mass is 9.84. The van der Waals surface area contributed by atoms with Crippen LogP contribution in [0.1, 0.15) is 136 Å². The molecule has 0 N–H and O–H groups in total. The van der Waals surface area contributed by atoms with Crippen molar-refractivity contribution in [3.8, 4) is 0 Å². The summed E-state index contributed by atoms with van der Waals surface area (Å²) >= 11 is 0. The normalized spacial score (nSPS) is 18.0. The Morgan fingerprint density at radius 3 is 0.814 bits per heavy atom. The van der Waals surface area contributed by atoms with E-state index in [-0.39, 0.29) is 52.7 Å². The molecule has 0 heterocycles. The summed E-state index contributed by atoms with van der Waals surface area (Å²) in [7, 11) is -9.66. The zero-order valence-electron chi connectivity index (χ0n) is 49.7. The second kappa shape index (κ2) is 37.1. The number of hydrogen-bond donors (Lipinski definition) is 0. The van der Waals surface area contributed by atoms with E-state index in [1.807, 2.05) is 212 Å². The van der Waals surface area contributed by atoms with Crippen molar-refractivity contribution >= 4 is 21.6 Å². The van der Waals surface area contributed by atoms with E-state index in [0.29, 0.717) is 28.7 Å². The molecule has 1 aliphatic rings. The lowest BCUT2D eigenvalue weighted by Gasteiger charge is -2.49. The van der Waals surface area contributed by atoms with Gasteiger partial charge < -0.3 is 18.9 Å². The van der Waals surface area contributed by atoms with Gasteiger partial charge >= 0.3 is 21.6 Å². The van der Waals surface area contributed by atoms with Gasteiger partial charge in [-0.25, -0.2) is 9.13 Å². The quantitative estimate of drug-likeness (QED) is 0.0204. The van der Waals surface area contributed by atoms with Crippen molar-refractivity contribution in [3.63, 3.8) is 0 Å². The summed E-state index contributed by atoms with van der Waals surface area (Å²) in [4.78, 5) is 14.8. The Bertz CT molecular complexity index is 2930. The van der Waals surface area contributed by atoms with E-state index >= 15 is 9.13 Å². The van der Waals surface area contributed by atoms with E-state index in [9.17, 15) is 4.79 Å². The fraction of sp³-hybridized carbons (Fsp3) is 0.394. The molecule has 6 atom stereocenters. The first-order chi connectivity index (χ1) is 42.2. The van der Waals surface area contributed by atoms with Gasteiger partial charge in [-0.15, -0.1) is 0 Å². The van der Waals surface area contributed by atoms with Crippen molar-refractivity contribution in [2.75, 3.05) is 0 Å². The number of phosphoric acid groups is 2. The molecule has 0 bridgehead atoms. The summed E-state index contributed by atoms with van der Waals surface area (Å²) in [5.41, 5.74) is 5.07. The third-order valence-electron chi connectivity index (χ3n) is 15.0. The minimum Gasteiger partial charge on any atom is -0.457 e. The van der Waals surface area contributed by atoms with Crippen LogP contribution in [-0.4, -0.2) is 42.6 Å². The number of phosphoric ester groups is 2. The SMILES string of the molecule is CCCCCCCCCCCCCCCC(=O)O[C@@H]1[C@H](OCc2ccccc2)[C@H](OCc2ccccc2)[C@@H](OP(=O)(OCc2ccccc2)OCc2ccccc2)[C@H](OP(=O)(OCc2ccccc2)OCc2ccccc2)[C@H]1OCc1ccccc1. The van der Waals surface area contributed by atoms with Gasteiger partial charge in [0.1, 0.15) is 30.5 Å². The predicted octanol–water partition coefficient (Wildman–Crippen LogP) is 18.0. The number of esters is 1. The molecular weight excluding hydrogens is 1120 g/mol. The summed E-state index contributed by atoms with van der Waals surface area (Å²) in [6.45, 7) is 1.38. The van der Waals surface area contributed by atoms with Gasteiger partial charge in [0.2, 0.25) is 0 Å². The average molecular weight is 1210 g/mol. The Kier molecular flexibility index (Phi) is 28.5. The third kappa shape index (κ3) is 23.0. The zero-order chi connectivity index (χ0) is 59.8. The maximum atomic E-state index is 16.0. The molecule has 7 aromatic carbocycles. The van der Waals surface area contributed by atoms with Crippen LogP contribution in [0.25, 0.3) is 0 Å². The van der Waals surface area contributed by atoms with Gasteiger partial charge in [0.15, 0.2) is 6.10 Å². The Labute approximate surface area is 510 Å². The first-order valence-corrected chi connectivity index (χ1v) is 33.6. The Morgan fingerprint density at radius 2 is 0.535 bits per heavy atom. The maximum Gasteiger partial charge on any atom is 0.475 e. The molecule has 15 heteroatoms. The smallest absolute Gasteiger partial charge is 0.457 e. The molecule has 1 fully saturated rings. The van der Waals surface area contributed by atoms with E-state index in [0.717, 1.165) is 42.4 Å². The highest BCUT2D eigenvalue weighted by Crippen LogP contribution is 2.58. The van der Waals surface area contributed by atoms with Gasteiger partial charge in [-0.1, -0.05) is 296 Å². The second-order valence-corrected chi connectivity index (χ2v) is 25.0. The van der Waals surface area contributed by atoms with Crippen molar-refractivity contribution < 1.29 is 60.0 Å². The Balaban J connectivity index is 1.21. The van der Waals surface area contributed by atoms with Crippen LogP contribution in [0.2, 0.25) is 0 Å². The van der Waals surface area contributed by atoms with Gasteiger partial charge in [0, 0.05) is 6.42 Å². The highest BCUT2D eigenvalue weighted by Gasteiger charge is 2.60. The Hall–Kier alpha value is -5.89. The predicted molar refractivity (Wildman–Crippen MR) is 335 cm³/mol. The average Bonchev–Trinajstić information content (AvgIpc) is 0.923. The number of hydrogen-bond acceptors (Lipinski definition) is 13. The number of rotatable bonds is 40. The molecule has 0 unspecified atom stereocenters. The number of benzene rings is 7. The van der Waals surface area contributed by atoms with E-state index in [1.165, 1.54) is 51.4 Å². The van der Waals surface area contributed by atoms with Crippen LogP contribution >= 0.6 is 15.6 Å². The summed E-state index contributed by atoms with van der Waals surface area (Å²) in [6.07, 6.45) is 6.36.